The molecular weight excluding hydrogens is 358 g/mol. The van der Waals surface area contributed by atoms with E-state index in [4.69, 9.17) is 9.47 Å². The maximum atomic E-state index is 12.6. The number of anilines is 1. The van der Waals surface area contributed by atoms with E-state index in [-0.39, 0.29) is 36.4 Å². The van der Waals surface area contributed by atoms with Crippen LogP contribution in [0, 0.1) is 17.8 Å². The topological polar surface area (TPSA) is 88.7 Å². The summed E-state index contributed by atoms with van der Waals surface area (Å²) < 4.78 is 11.0. The average molecular weight is 387 g/mol. The van der Waals surface area contributed by atoms with Crippen molar-refractivity contribution in [2.24, 2.45) is 17.8 Å². The number of fused-ring (bicyclic) bond motifs is 2. The van der Waals surface area contributed by atoms with Crippen molar-refractivity contribution >= 4 is 17.5 Å². The fourth-order valence-corrected chi connectivity index (χ4v) is 4.51. The fourth-order valence-electron chi connectivity index (χ4n) is 4.51. The summed E-state index contributed by atoms with van der Waals surface area (Å²) in [5, 5.41) is 9.34. The first-order chi connectivity index (χ1) is 13.5. The Bertz CT molecular complexity index is 751. The van der Waals surface area contributed by atoms with Crippen molar-refractivity contribution < 1.29 is 19.1 Å². The van der Waals surface area contributed by atoms with Gasteiger partial charge in [-0.2, -0.15) is 0 Å². The van der Waals surface area contributed by atoms with Gasteiger partial charge in [-0.1, -0.05) is 13.8 Å². The quantitative estimate of drug-likeness (QED) is 0.738. The number of nitrogens with one attached hydrogen (secondary N) is 3. The Balaban J connectivity index is 1.32. The molecule has 0 bridgehead atoms. The van der Waals surface area contributed by atoms with Crippen molar-refractivity contribution in [3.63, 3.8) is 0 Å². The summed E-state index contributed by atoms with van der Waals surface area (Å²) in [6.07, 6.45) is 2.91. The van der Waals surface area contributed by atoms with Gasteiger partial charge in [0.1, 0.15) is 13.2 Å². The normalized spacial score (nSPS) is 29.0. The molecule has 0 spiro atoms. The molecule has 0 radical (unpaired) electrons. The van der Waals surface area contributed by atoms with Crippen LogP contribution in [0.15, 0.2) is 18.2 Å². The number of amides is 2. The largest absolute Gasteiger partial charge is 0.486 e. The molecule has 2 fully saturated rings. The van der Waals surface area contributed by atoms with Gasteiger partial charge in [0, 0.05) is 17.8 Å². The molecule has 0 aromatic heterocycles. The summed E-state index contributed by atoms with van der Waals surface area (Å²) in [6.45, 7) is 5.49. The van der Waals surface area contributed by atoms with Crippen LogP contribution in [0.25, 0.3) is 0 Å². The molecule has 2 amide bonds. The molecule has 1 saturated heterocycles. The van der Waals surface area contributed by atoms with E-state index in [9.17, 15) is 9.59 Å². The van der Waals surface area contributed by atoms with Crippen molar-refractivity contribution in [1.29, 1.82) is 0 Å². The van der Waals surface area contributed by atoms with E-state index in [2.05, 4.69) is 29.8 Å². The Morgan fingerprint density at radius 3 is 2.79 bits per heavy atom. The van der Waals surface area contributed by atoms with Gasteiger partial charge >= 0.3 is 0 Å². The highest BCUT2D eigenvalue weighted by atomic mass is 16.6. The molecule has 1 aromatic carbocycles. The van der Waals surface area contributed by atoms with Crippen LogP contribution in [0.1, 0.15) is 39.5 Å². The van der Waals surface area contributed by atoms with Crippen LogP contribution in [0.2, 0.25) is 0 Å². The minimum atomic E-state index is -0.332. The summed E-state index contributed by atoms with van der Waals surface area (Å²) in [7, 11) is 0. The predicted molar refractivity (Wildman–Crippen MR) is 105 cm³/mol. The molecule has 2 heterocycles. The summed E-state index contributed by atoms with van der Waals surface area (Å²) in [5.74, 6) is 2.46. The fraction of sp³-hybridized carbons (Fsp3) is 0.619. The molecule has 1 aromatic rings. The Labute approximate surface area is 165 Å². The predicted octanol–water partition coefficient (Wildman–Crippen LogP) is 2.27. The zero-order valence-electron chi connectivity index (χ0n) is 16.5. The van der Waals surface area contributed by atoms with Crippen LogP contribution in [0.3, 0.4) is 0 Å². The number of ether oxygens (including phenoxy) is 2. The van der Waals surface area contributed by atoms with Crippen molar-refractivity contribution in [3.05, 3.63) is 18.2 Å². The van der Waals surface area contributed by atoms with Gasteiger partial charge in [-0.05, 0) is 43.2 Å². The van der Waals surface area contributed by atoms with Crippen LogP contribution < -0.4 is 25.4 Å². The van der Waals surface area contributed by atoms with E-state index >= 15 is 0 Å². The van der Waals surface area contributed by atoms with Gasteiger partial charge in [-0.25, -0.2) is 0 Å². The molecule has 7 nitrogen and oxygen atoms in total. The molecule has 3 N–H and O–H groups in total. The van der Waals surface area contributed by atoms with E-state index in [1.54, 1.807) is 18.2 Å². The third-order valence-electron chi connectivity index (χ3n) is 6.12. The van der Waals surface area contributed by atoms with Crippen LogP contribution in [-0.4, -0.2) is 37.2 Å². The van der Waals surface area contributed by atoms with Crippen molar-refractivity contribution in [2.45, 2.75) is 51.7 Å². The van der Waals surface area contributed by atoms with Crippen molar-refractivity contribution in [2.75, 3.05) is 18.5 Å². The molecule has 28 heavy (non-hydrogen) atoms. The highest BCUT2D eigenvalue weighted by Crippen LogP contribution is 2.36. The number of rotatable bonds is 4. The maximum Gasteiger partial charge on any atom is 0.227 e. The van der Waals surface area contributed by atoms with Gasteiger partial charge < -0.3 is 20.1 Å². The lowest BCUT2D eigenvalue weighted by Gasteiger charge is -2.43. The highest BCUT2D eigenvalue weighted by Gasteiger charge is 2.41. The first-order valence-electron chi connectivity index (χ1n) is 10.3. The van der Waals surface area contributed by atoms with Gasteiger partial charge in [-0.15, -0.1) is 0 Å². The number of benzene rings is 1. The molecule has 4 rings (SSSR count). The highest BCUT2D eigenvalue weighted by molar-refractivity contribution is 5.92. The Hall–Kier alpha value is -2.28. The number of hydrogen-bond donors (Lipinski definition) is 3. The Morgan fingerprint density at radius 1 is 1.21 bits per heavy atom. The molecular formula is C21H29N3O4. The summed E-state index contributed by atoms with van der Waals surface area (Å²) in [5.41, 5.74) is 0.659. The maximum absolute atomic E-state index is 12.6. The number of carbonyl (C=O) groups excluding carboxylic acids is 2. The SMILES string of the molecule is CC(C)C1CCC2NC(CC(=O)Nc3ccc4c(c3)OCCO4)NC(=O)C2C1. The van der Waals surface area contributed by atoms with Crippen LogP contribution in [0.4, 0.5) is 5.69 Å². The minimum Gasteiger partial charge on any atom is -0.486 e. The zero-order chi connectivity index (χ0) is 19.7. The summed E-state index contributed by atoms with van der Waals surface area (Å²) in [4.78, 5) is 25.1. The second kappa shape index (κ2) is 7.99. The van der Waals surface area contributed by atoms with Crippen molar-refractivity contribution in [1.82, 2.24) is 10.6 Å². The van der Waals surface area contributed by atoms with Gasteiger partial charge in [0.25, 0.3) is 0 Å². The Kier molecular flexibility index (Phi) is 5.44. The van der Waals surface area contributed by atoms with Crippen LogP contribution in [-0.2, 0) is 9.59 Å². The second-order valence-electron chi connectivity index (χ2n) is 8.37. The lowest BCUT2D eigenvalue weighted by atomic mass is 9.72. The van der Waals surface area contributed by atoms with E-state index < -0.39 is 0 Å². The average Bonchev–Trinajstić information content (AvgIpc) is 2.67. The first-order valence-corrected chi connectivity index (χ1v) is 10.3. The number of hydrogen-bond acceptors (Lipinski definition) is 5. The van der Waals surface area contributed by atoms with Gasteiger partial charge in [0.05, 0.1) is 18.5 Å². The lowest BCUT2D eigenvalue weighted by molar-refractivity contribution is -0.132. The minimum absolute atomic E-state index is 0.0123. The van der Waals surface area contributed by atoms with Gasteiger partial charge in [0.15, 0.2) is 11.5 Å². The molecule has 1 saturated carbocycles. The van der Waals surface area contributed by atoms with Gasteiger partial charge in [0.2, 0.25) is 11.8 Å². The van der Waals surface area contributed by atoms with E-state index in [1.807, 2.05) is 0 Å². The summed E-state index contributed by atoms with van der Waals surface area (Å²) in [6, 6.07) is 5.52. The lowest BCUT2D eigenvalue weighted by Crippen LogP contribution is -2.63. The third kappa shape index (κ3) is 4.09. The van der Waals surface area contributed by atoms with E-state index in [0.717, 1.165) is 19.3 Å². The van der Waals surface area contributed by atoms with E-state index in [1.165, 1.54) is 0 Å². The standard InChI is InChI=1S/C21H29N3O4/c1-12(2)13-3-5-16-15(9-13)21(26)24-19(23-16)11-20(25)22-14-4-6-17-18(10-14)28-8-7-27-17/h4,6,10,12-13,15-16,19,23H,3,5,7-9,11H2,1-2H3,(H,22,25)(H,24,26). The molecule has 2 aliphatic heterocycles. The molecule has 4 unspecified atom stereocenters. The molecule has 152 valence electrons. The third-order valence-corrected chi connectivity index (χ3v) is 6.12. The van der Waals surface area contributed by atoms with Gasteiger partial charge in [-0.3, -0.25) is 14.9 Å². The molecule has 1 aliphatic carbocycles. The molecule has 4 atom stereocenters. The van der Waals surface area contributed by atoms with Crippen LogP contribution >= 0.6 is 0 Å². The van der Waals surface area contributed by atoms with Crippen LogP contribution in [0.5, 0.6) is 11.5 Å². The summed E-state index contributed by atoms with van der Waals surface area (Å²) >= 11 is 0. The zero-order valence-corrected chi connectivity index (χ0v) is 16.5. The Morgan fingerprint density at radius 2 is 2.00 bits per heavy atom. The number of carbonyl (C=O) groups is 2. The monoisotopic (exact) mass is 387 g/mol. The van der Waals surface area contributed by atoms with Crippen molar-refractivity contribution in [3.8, 4) is 11.5 Å². The second-order valence-corrected chi connectivity index (χ2v) is 8.37. The molecule has 7 heteroatoms. The van der Waals surface area contributed by atoms with E-state index in [0.29, 0.717) is 42.2 Å². The molecule has 3 aliphatic rings. The first kappa shape index (κ1) is 19.1. The smallest absolute Gasteiger partial charge is 0.227 e.